The third-order valence-corrected chi connectivity index (χ3v) is 8.48. The second kappa shape index (κ2) is 9.77. The highest BCUT2D eigenvalue weighted by molar-refractivity contribution is 7.89. The van der Waals surface area contributed by atoms with Gasteiger partial charge in [0, 0.05) is 43.6 Å². The molecule has 2 aliphatic rings. The van der Waals surface area contributed by atoms with E-state index in [4.69, 9.17) is 4.74 Å². The number of fused-ring (bicyclic) bond motifs is 1. The summed E-state index contributed by atoms with van der Waals surface area (Å²) in [7, 11) is -2.23. The van der Waals surface area contributed by atoms with Gasteiger partial charge in [-0.25, -0.2) is 13.4 Å². The Kier molecular flexibility index (Phi) is 7.14. The van der Waals surface area contributed by atoms with Crippen molar-refractivity contribution >= 4 is 15.7 Å². The van der Waals surface area contributed by atoms with Crippen LogP contribution < -0.4 is 9.64 Å². The zero-order valence-corrected chi connectivity index (χ0v) is 20.3. The van der Waals surface area contributed by atoms with Crippen LogP contribution in [-0.4, -0.2) is 47.5 Å². The molecule has 0 bridgehead atoms. The molecule has 11 heteroatoms. The number of alkyl halides is 3. The lowest BCUT2D eigenvalue weighted by molar-refractivity contribution is -0.0492. The first-order valence-corrected chi connectivity index (χ1v) is 13.0. The minimum absolute atomic E-state index is 0.251. The van der Waals surface area contributed by atoms with Crippen LogP contribution in [0.2, 0.25) is 0 Å². The molecule has 188 valence electrons. The zero-order chi connectivity index (χ0) is 24.5. The van der Waals surface area contributed by atoms with Gasteiger partial charge in [0.2, 0.25) is 0 Å². The molecule has 0 unspecified atom stereocenters. The molecule has 34 heavy (non-hydrogen) atoms. The molecule has 1 fully saturated rings. The molecule has 1 aliphatic carbocycles. The van der Waals surface area contributed by atoms with Crippen LogP contribution in [0.3, 0.4) is 0 Å². The van der Waals surface area contributed by atoms with Gasteiger partial charge in [-0.15, -0.1) is 0 Å². The van der Waals surface area contributed by atoms with Gasteiger partial charge in [-0.3, -0.25) is 0 Å². The predicted octanol–water partition coefficient (Wildman–Crippen LogP) is 4.44. The van der Waals surface area contributed by atoms with Crippen molar-refractivity contribution in [3.63, 3.8) is 0 Å². The molecule has 1 aromatic carbocycles. The summed E-state index contributed by atoms with van der Waals surface area (Å²) in [6, 6.07) is 4.82. The van der Waals surface area contributed by atoms with Crippen molar-refractivity contribution in [1.29, 1.82) is 0 Å². The first-order chi connectivity index (χ1) is 16.1. The largest absolute Gasteiger partial charge is 0.511 e. The summed E-state index contributed by atoms with van der Waals surface area (Å²) in [6.45, 7) is -0.296. The first-order valence-electron chi connectivity index (χ1n) is 11.6. The number of imidazole rings is 1. The summed E-state index contributed by atoms with van der Waals surface area (Å²) >= 11 is 0. The number of anilines is 1. The van der Waals surface area contributed by atoms with E-state index in [-0.39, 0.29) is 6.54 Å². The maximum Gasteiger partial charge on any atom is 0.511 e. The Morgan fingerprint density at radius 1 is 1.18 bits per heavy atom. The molecule has 0 amide bonds. The Morgan fingerprint density at radius 2 is 1.91 bits per heavy atom. The number of hydrogen-bond acceptors (Lipinski definition) is 5. The average molecular weight is 501 g/mol. The van der Waals surface area contributed by atoms with E-state index in [1.807, 2.05) is 28.8 Å². The van der Waals surface area contributed by atoms with Gasteiger partial charge in [-0.2, -0.15) is 17.5 Å². The van der Waals surface area contributed by atoms with E-state index in [0.29, 0.717) is 40.2 Å². The molecule has 2 heterocycles. The van der Waals surface area contributed by atoms with Gasteiger partial charge in [0.1, 0.15) is 5.75 Å². The number of ether oxygens (including phenoxy) is 1. The molecule has 1 aliphatic heterocycles. The van der Waals surface area contributed by atoms with Crippen LogP contribution in [0, 0.1) is 5.92 Å². The Morgan fingerprint density at radius 3 is 2.53 bits per heavy atom. The molecule has 0 radical (unpaired) electrons. The summed E-state index contributed by atoms with van der Waals surface area (Å²) in [5.74, 6) is 0.889. The molecule has 4 rings (SSSR count). The highest BCUT2D eigenvalue weighted by Gasteiger charge is 2.51. The van der Waals surface area contributed by atoms with Crippen molar-refractivity contribution < 1.29 is 26.3 Å². The fraction of sp³-hybridized carbons (Fsp3) is 0.609. The van der Waals surface area contributed by atoms with Crippen molar-refractivity contribution in [3.05, 3.63) is 42.0 Å². The predicted molar refractivity (Wildman–Crippen MR) is 123 cm³/mol. The van der Waals surface area contributed by atoms with Crippen LogP contribution >= 0.6 is 0 Å². The first kappa shape index (κ1) is 24.8. The third kappa shape index (κ3) is 5.05. The van der Waals surface area contributed by atoms with Gasteiger partial charge in [0.25, 0.3) is 0 Å². The lowest BCUT2D eigenvalue weighted by atomic mass is 9.97. The zero-order valence-electron chi connectivity index (χ0n) is 19.5. The molecule has 7 nitrogen and oxygen atoms in total. The van der Waals surface area contributed by atoms with E-state index in [1.54, 1.807) is 18.5 Å². The lowest BCUT2D eigenvalue weighted by Gasteiger charge is -2.34. The van der Waals surface area contributed by atoms with Crippen molar-refractivity contribution in [3.8, 4) is 5.75 Å². The summed E-state index contributed by atoms with van der Waals surface area (Å²) in [4.78, 5) is 6.43. The molecular formula is C23H31F3N4O3S. The van der Waals surface area contributed by atoms with E-state index in [2.05, 4.69) is 4.98 Å². The fourth-order valence-electron chi connectivity index (χ4n) is 5.19. The van der Waals surface area contributed by atoms with Gasteiger partial charge in [-0.05, 0) is 30.9 Å². The summed E-state index contributed by atoms with van der Waals surface area (Å²) in [6.07, 6.45) is 9.55. The van der Waals surface area contributed by atoms with E-state index < -0.39 is 28.1 Å². The van der Waals surface area contributed by atoms with Crippen molar-refractivity contribution in [2.45, 2.75) is 63.2 Å². The Balaban J connectivity index is 1.77. The van der Waals surface area contributed by atoms with Crippen LogP contribution in [0.5, 0.6) is 5.75 Å². The van der Waals surface area contributed by atoms with E-state index >= 15 is 0 Å². The maximum atomic E-state index is 13.6. The Hall–Kier alpha value is -2.27. The van der Waals surface area contributed by atoms with Crippen molar-refractivity contribution in [2.24, 2.45) is 13.0 Å². The number of aromatic nitrogens is 2. The highest BCUT2D eigenvalue weighted by atomic mass is 32.2. The smallest absolute Gasteiger partial charge is 0.496 e. The Bertz CT molecular complexity index is 1100. The number of hydrogen-bond donors (Lipinski definition) is 0. The van der Waals surface area contributed by atoms with E-state index in [0.717, 1.165) is 25.0 Å². The summed E-state index contributed by atoms with van der Waals surface area (Å²) < 4.78 is 73.9. The number of methoxy groups -OCH3 is 1. The quantitative estimate of drug-likeness (QED) is 0.562. The number of aryl methyl sites for hydroxylation is 1. The van der Waals surface area contributed by atoms with Crippen LogP contribution in [-0.2, 0) is 30.2 Å². The number of nitrogens with zero attached hydrogens (tertiary/aromatic N) is 4. The second-order valence-corrected chi connectivity index (χ2v) is 11.2. The summed E-state index contributed by atoms with van der Waals surface area (Å²) in [5, 5.41) is 0. The van der Waals surface area contributed by atoms with Crippen LogP contribution in [0.1, 0.15) is 49.8 Å². The second-order valence-electron chi connectivity index (χ2n) is 9.24. The van der Waals surface area contributed by atoms with Crippen molar-refractivity contribution in [1.82, 2.24) is 13.9 Å². The molecular weight excluding hydrogens is 469 g/mol. The standard InChI is InChI=1S/C23H31F3N4O3S/c1-28-12-18(27-16-28)13-30-19(11-10-17-6-3-4-7-17)14-29(34(31,32)23(24,25)26)15-20-21(30)8-5-9-22(20)33-2/h5,8-9,12,16-17,19H,3-4,6-7,10-11,13-15H2,1-2H3/t19-/m1/s1. The minimum atomic E-state index is -5.52. The third-order valence-electron chi connectivity index (χ3n) is 6.93. The van der Waals surface area contributed by atoms with E-state index in [1.165, 1.54) is 20.0 Å². The number of halogens is 3. The van der Waals surface area contributed by atoms with Crippen LogP contribution in [0.25, 0.3) is 0 Å². The van der Waals surface area contributed by atoms with Gasteiger partial charge in [-0.1, -0.05) is 31.7 Å². The SMILES string of the molecule is COc1cccc2c1CN(S(=O)(=O)C(F)(F)F)C[C@@H](CCC1CCCC1)N2Cc1cn(C)cn1. The normalized spacial score (nSPS) is 20.4. The molecule has 0 saturated heterocycles. The fourth-order valence-corrected chi connectivity index (χ4v) is 6.15. The van der Waals surface area contributed by atoms with Crippen molar-refractivity contribution in [2.75, 3.05) is 18.6 Å². The maximum absolute atomic E-state index is 13.6. The number of sulfonamides is 1. The van der Waals surface area contributed by atoms with E-state index in [9.17, 15) is 21.6 Å². The van der Waals surface area contributed by atoms with Gasteiger partial charge in [0.15, 0.2) is 0 Å². The molecule has 1 saturated carbocycles. The molecule has 1 aromatic heterocycles. The van der Waals surface area contributed by atoms with Gasteiger partial charge < -0.3 is 14.2 Å². The summed E-state index contributed by atoms with van der Waals surface area (Å²) in [5.41, 5.74) is -3.51. The van der Waals surface area contributed by atoms with Gasteiger partial charge in [0.05, 0.1) is 25.7 Å². The Labute approximate surface area is 198 Å². The van der Waals surface area contributed by atoms with Crippen LogP contribution in [0.4, 0.5) is 18.9 Å². The lowest BCUT2D eigenvalue weighted by Crippen LogP contribution is -2.47. The van der Waals surface area contributed by atoms with Gasteiger partial charge >= 0.3 is 15.5 Å². The number of rotatable bonds is 7. The average Bonchev–Trinajstić information content (AvgIpc) is 3.41. The monoisotopic (exact) mass is 500 g/mol. The van der Waals surface area contributed by atoms with Crippen LogP contribution in [0.15, 0.2) is 30.7 Å². The minimum Gasteiger partial charge on any atom is -0.496 e. The molecule has 0 N–H and O–H groups in total. The molecule has 1 atom stereocenters. The topological polar surface area (TPSA) is 67.7 Å². The molecule has 0 spiro atoms. The highest BCUT2D eigenvalue weighted by Crippen LogP contribution is 2.40. The molecule has 2 aromatic rings. The number of benzene rings is 1.